The predicted octanol–water partition coefficient (Wildman–Crippen LogP) is 2.51. The highest BCUT2D eigenvalue weighted by atomic mass is 15.2. The van der Waals surface area contributed by atoms with E-state index in [-0.39, 0.29) is 0 Å². The average Bonchev–Trinajstić information content (AvgIpc) is 2.38. The summed E-state index contributed by atoms with van der Waals surface area (Å²) in [7, 11) is 2.02. The van der Waals surface area contributed by atoms with Gasteiger partial charge in [0.05, 0.1) is 0 Å². The first-order valence-corrected chi connectivity index (χ1v) is 6.68. The zero-order chi connectivity index (χ0) is 13.5. The summed E-state index contributed by atoms with van der Waals surface area (Å²) in [5.41, 5.74) is 6.77. The van der Waals surface area contributed by atoms with Crippen LogP contribution in [0.25, 0.3) is 0 Å². The molecular formula is C13H25N5. The Morgan fingerprint density at radius 1 is 1.39 bits per heavy atom. The molecule has 1 unspecified atom stereocenters. The normalized spacial score (nSPS) is 12.2. The van der Waals surface area contributed by atoms with E-state index in [0.29, 0.717) is 11.7 Å². The highest BCUT2D eigenvalue weighted by molar-refractivity contribution is 5.74. The Bertz CT molecular complexity index is 366. The van der Waals surface area contributed by atoms with E-state index >= 15 is 0 Å². The van der Waals surface area contributed by atoms with Gasteiger partial charge in [0, 0.05) is 19.6 Å². The van der Waals surface area contributed by atoms with Crippen LogP contribution in [0.4, 0.5) is 17.3 Å². The number of rotatable bonds is 7. The van der Waals surface area contributed by atoms with E-state index in [1.54, 1.807) is 6.33 Å². The summed E-state index contributed by atoms with van der Waals surface area (Å²) in [5.74, 6) is 1.54. The molecule has 0 fully saturated rings. The van der Waals surface area contributed by atoms with Crippen molar-refractivity contribution in [1.82, 2.24) is 9.97 Å². The highest BCUT2D eigenvalue weighted by Gasteiger charge is 2.12. The molecule has 1 atom stereocenters. The lowest BCUT2D eigenvalue weighted by Crippen LogP contribution is -2.23. The molecule has 0 amide bonds. The van der Waals surface area contributed by atoms with Crippen molar-refractivity contribution in [3.8, 4) is 0 Å². The SMILES string of the molecule is CCCCN(C)c1ncnc(NC(C)CC)c1N. The molecule has 0 aromatic carbocycles. The standard InChI is InChI=1S/C13H25N5/c1-5-7-8-18(4)13-11(14)12(15-9-16-13)17-10(3)6-2/h9-10H,5-8,14H2,1-4H3,(H,15,16,17). The van der Waals surface area contributed by atoms with E-state index in [4.69, 9.17) is 5.73 Å². The van der Waals surface area contributed by atoms with Crippen molar-refractivity contribution in [1.29, 1.82) is 0 Å². The van der Waals surface area contributed by atoms with Gasteiger partial charge in [-0.25, -0.2) is 9.97 Å². The molecule has 3 N–H and O–H groups in total. The first-order valence-electron chi connectivity index (χ1n) is 6.68. The summed E-state index contributed by atoms with van der Waals surface area (Å²) < 4.78 is 0. The van der Waals surface area contributed by atoms with Crippen molar-refractivity contribution in [2.75, 3.05) is 29.5 Å². The van der Waals surface area contributed by atoms with Crippen molar-refractivity contribution < 1.29 is 0 Å². The van der Waals surface area contributed by atoms with E-state index in [0.717, 1.165) is 37.4 Å². The van der Waals surface area contributed by atoms with Crippen molar-refractivity contribution >= 4 is 17.3 Å². The van der Waals surface area contributed by atoms with Crippen molar-refractivity contribution in [2.45, 2.75) is 46.1 Å². The van der Waals surface area contributed by atoms with Crippen molar-refractivity contribution in [3.63, 3.8) is 0 Å². The van der Waals surface area contributed by atoms with E-state index in [9.17, 15) is 0 Å². The van der Waals surface area contributed by atoms with Crippen LogP contribution >= 0.6 is 0 Å². The number of anilines is 3. The molecule has 0 saturated heterocycles. The number of nitrogens with one attached hydrogen (secondary N) is 1. The fourth-order valence-electron chi connectivity index (χ4n) is 1.64. The second kappa shape index (κ2) is 7.03. The molecule has 18 heavy (non-hydrogen) atoms. The number of nitrogens with two attached hydrogens (primary N) is 1. The highest BCUT2D eigenvalue weighted by Crippen LogP contribution is 2.26. The molecule has 0 radical (unpaired) electrons. The Balaban J connectivity index is 2.83. The van der Waals surface area contributed by atoms with Crippen molar-refractivity contribution in [3.05, 3.63) is 6.33 Å². The van der Waals surface area contributed by atoms with Gasteiger partial charge in [-0.05, 0) is 19.8 Å². The number of hydrogen-bond donors (Lipinski definition) is 2. The fourth-order valence-corrected chi connectivity index (χ4v) is 1.64. The van der Waals surface area contributed by atoms with Crippen LogP contribution in [-0.4, -0.2) is 29.6 Å². The fraction of sp³-hybridized carbons (Fsp3) is 0.692. The molecule has 0 aliphatic heterocycles. The lowest BCUT2D eigenvalue weighted by atomic mass is 10.2. The van der Waals surface area contributed by atoms with Crippen LogP contribution in [0.15, 0.2) is 6.33 Å². The molecular weight excluding hydrogens is 226 g/mol. The van der Waals surface area contributed by atoms with Gasteiger partial charge in [0.1, 0.15) is 12.0 Å². The molecule has 1 rings (SSSR count). The molecule has 0 bridgehead atoms. The maximum Gasteiger partial charge on any atom is 0.157 e. The van der Waals surface area contributed by atoms with Crippen LogP contribution < -0.4 is 16.0 Å². The molecule has 1 aromatic heterocycles. The zero-order valence-electron chi connectivity index (χ0n) is 11.9. The van der Waals surface area contributed by atoms with Gasteiger partial charge in [0.25, 0.3) is 0 Å². The third kappa shape index (κ3) is 3.75. The third-order valence-corrected chi connectivity index (χ3v) is 3.07. The first kappa shape index (κ1) is 14.5. The van der Waals surface area contributed by atoms with E-state index in [2.05, 4.69) is 41.0 Å². The van der Waals surface area contributed by atoms with Gasteiger partial charge >= 0.3 is 0 Å². The van der Waals surface area contributed by atoms with Crippen LogP contribution in [0.3, 0.4) is 0 Å². The maximum absolute atomic E-state index is 6.13. The second-order valence-corrected chi connectivity index (χ2v) is 4.69. The van der Waals surface area contributed by atoms with Crippen LogP contribution in [-0.2, 0) is 0 Å². The van der Waals surface area contributed by atoms with Crippen LogP contribution in [0.1, 0.15) is 40.0 Å². The lowest BCUT2D eigenvalue weighted by Gasteiger charge is -2.21. The summed E-state index contributed by atoms with van der Waals surface area (Å²) in [6.45, 7) is 7.37. The lowest BCUT2D eigenvalue weighted by molar-refractivity contribution is 0.751. The Labute approximate surface area is 110 Å². The van der Waals surface area contributed by atoms with Gasteiger partial charge in [0.2, 0.25) is 0 Å². The Kier molecular flexibility index (Phi) is 5.68. The number of hydrogen-bond acceptors (Lipinski definition) is 5. The average molecular weight is 251 g/mol. The van der Waals surface area contributed by atoms with E-state index in [1.807, 2.05) is 7.05 Å². The van der Waals surface area contributed by atoms with Crippen LogP contribution in [0.5, 0.6) is 0 Å². The minimum Gasteiger partial charge on any atom is -0.393 e. The van der Waals surface area contributed by atoms with E-state index < -0.39 is 0 Å². The summed E-state index contributed by atoms with van der Waals surface area (Å²) in [6.07, 6.45) is 4.89. The Hall–Kier alpha value is -1.52. The molecule has 102 valence electrons. The summed E-state index contributed by atoms with van der Waals surface area (Å²) in [5, 5.41) is 3.31. The summed E-state index contributed by atoms with van der Waals surface area (Å²) in [6, 6.07) is 0.357. The minimum absolute atomic E-state index is 0.357. The molecule has 1 heterocycles. The van der Waals surface area contributed by atoms with Crippen molar-refractivity contribution in [2.24, 2.45) is 0 Å². The first-order chi connectivity index (χ1) is 8.60. The number of nitrogen functional groups attached to an aromatic ring is 1. The molecule has 0 spiro atoms. The Morgan fingerprint density at radius 2 is 2.11 bits per heavy atom. The molecule has 5 heteroatoms. The smallest absolute Gasteiger partial charge is 0.157 e. The Morgan fingerprint density at radius 3 is 2.72 bits per heavy atom. The summed E-state index contributed by atoms with van der Waals surface area (Å²) >= 11 is 0. The molecule has 1 aromatic rings. The van der Waals surface area contributed by atoms with Gasteiger partial charge in [-0.1, -0.05) is 20.3 Å². The quantitative estimate of drug-likeness (QED) is 0.779. The molecule has 0 aliphatic rings. The zero-order valence-corrected chi connectivity index (χ0v) is 11.9. The monoisotopic (exact) mass is 251 g/mol. The molecule has 5 nitrogen and oxygen atoms in total. The van der Waals surface area contributed by atoms with Crippen LogP contribution in [0, 0.1) is 0 Å². The molecule has 0 aliphatic carbocycles. The number of aromatic nitrogens is 2. The predicted molar refractivity (Wildman–Crippen MR) is 78.0 cm³/mol. The van der Waals surface area contributed by atoms with E-state index in [1.165, 1.54) is 0 Å². The number of nitrogens with zero attached hydrogens (tertiary/aromatic N) is 3. The second-order valence-electron chi connectivity index (χ2n) is 4.69. The van der Waals surface area contributed by atoms with Crippen LogP contribution in [0.2, 0.25) is 0 Å². The molecule has 0 saturated carbocycles. The maximum atomic E-state index is 6.13. The summed E-state index contributed by atoms with van der Waals surface area (Å²) in [4.78, 5) is 10.6. The van der Waals surface area contributed by atoms with Gasteiger partial charge in [0.15, 0.2) is 11.6 Å². The number of unbranched alkanes of at least 4 members (excludes halogenated alkanes) is 1. The largest absolute Gasteiger partial charge is 0.393 e. The van der Waals surface area contributed by atoms with Gasteiger partial charge in [-0.15, -0.1) is 0 Å². The van der Waals surface area contributed by atoms with Gasteiger partial charge in [-0.3, -0.25) is 0 Å². The topological polar surface area (TPSA) is 67.1 Å². The van der Waals surface area contributed by atoms with Gasteiger partial charge < -0.3 is 16.0 Å². The minimum atomic E-state index is 0.357. The van der Waals surface area contributed by atoms with Gasteiger partial charge in [-0.2, -0.15) is 0 Å². The third-order valence-electron chi connectivity index (χ3n) is 3.07.